The van der Waals surface area contributed by atoms with E-state index < -0.39 is 5.97 Å². The van der Waals surface area contributed by atoms with E-state index in [4.69, 9.17) is 13.9 Å². The number of nitrogens with zero attached hydrogens (tertiary/aromatic N) is 1. The van der Waals surface area contributed by atoms with Crippen molar-refractivity contribution < 1.29 is 23.5 Å². The third-order valence-corrected chi connectivity index (χ3v) is 4.08. The lowest BCUT2D eigenvalue weighted by Gasteiger charge is -2.17. The molecule has 144 valence electrons. The second-order valence-corrected chi connectivity index (χ2v) is 6.19. The summed E-state index contributed by atoms with van der Waals surface area (Å²) in [5.74, 6) is -0.279. The van der Waals surface area contributed by atoms with Gasteiger partial charge in [-0.25, -0.2) is 4.79 Å². The number of esters is 1. The summed E-state index contributed by atoms with van der Waals surface area (Å²) in [4.78, 5) is 26.0. The Bertz CT molecular complexity index is 905. The minimum absolute atomic E-state index is 0.0365. The van der Waals surface area contributed by atoms with Gasteiger partial charge in [0, 0.05) is 19.2 Å². The lowest BCUT2D eigenvalue weighted by Crippen LogP contribution is -2.30. The van der Waals surface area contributed by atoms with Gasteiger partial charge < -0.3 is 18.8 Å². The van der Waals surface area contributed by atoms with Gasteiger partial charge in [0.1, 0.15) is 12.4 Å². The Morgan fingerprint density at radius 1 is 0.964 bits per heavy atom. The molecule has 0 N–H and O–H groups in total. The van der Waals surface area contributed by atoms with Crippen LogP contribution in [0.1, 0.15) is 21.7 Å². The molecular formula is C22H21NO5. The molecule has 3 rings (SSSR count). The van der Waals surface area contributed by atoms with E-state index in [1.165, 1.54) is 11.2 Å². The van der Waals surface area contributed by atoms with Gasteiger partial charge >= 0.3 is 5.97 Å². The van der Waals surface area contributed by atoms with Crippen LogP contribution in [0.5, 0.6) is 5.75 Å². The fourth-order valence-electron chi connectivity index (χ4n) is 2.55. The Balaban J connectivity index is 1.51. The van der Waals surface area contributed by atoms with Gasteiger partial charge in [-0.15, -0.1) is 0 Å². The summed E-state index contributed by atoms with van der Waals surface area (Å²) in [6.07, 6.45) is 1.39. The smallest absolute Gasteiger partial charge is 0.375 e. The molecule has 0 fully saturated rings. The third-order valence-electron chi connectivity index (χ3n) is 4.08. The first-order valence-electron chi connectivity index (χ1n) is 8.82. The number of likely N-dealkylation sites (N-methyl/N-ethyl adjacent to an activating group) is 1. The molecule has 0 spiro atoms. The molecule has 0 bridgehead atoms. The van der Waals surface area contributed by atoms with Gasteiger partial charge in [-0.1, -0.05) is 48.5 Å². The molecule has 6 heteroatoms. The molecular weight excluding hydrogens is 358 g/mol. The molecule has 1 aromatic heterocycles. The van der Waals surface area contributed by atoms with Crippen molar-refractivity contribution >= 4 is 11.9 Å². The Morgan fingerprint density at radius 3 is 2.36 bits per heavy atom. The van der Waals surface area contributed by atoms with Gasteiger partial charge in [-0.3, -0.25) is 4.79 Å². The molecule has 0 radical (unpaired) electrons. The highest BCUT2D eigenvalue weighted by Gasteiger charge is 2.20. The molecule has 1 heterocycles. The van der Waals surface area contributed by atoms with Crippen molar-refractivity contribution in [1.82, 2.24) is 4.90 Å². The highest BCUT2D eigenvalue weighted by atomic mass is 16.5. The van der Waals surface area contributed by atoms with Crippen molar-refractivity contribution in [2.45, 2.75) is 13.2 Å². The van der Waals surface area contributed by atoms with Crippen LogP contribution in [-0.4, -0.2) is 30.4 Å². The maximum absolute atomic E-state index is 12.3. The minimum Gasteiger partial charge on any atom is -0.489 e. The van der Waals surface area contributed by atoms with Crippen molar-refractivity contribution in [3.8, 4) is 5.75 Å². The number of carbonyl (C=O) groups is 2. The average Bonchev–Trinajstić information content (AvgIpc) is 3.20. The zero-order chi connectivity index (χ0) is 19.8. The van der Waals surface area contributed by atoms with Crippen molar-refractivity contribution in [1.29, 1.82) is 0 Å². The standard InChI is InChI=1S/C22H21NO5/c1-23(14-17-8-4-2-5-9-17)20(24)16-28-22(25)21-18(12-13-26-21)15-27-19-10-6-3-7-11-19/h2-13H,14-16H2,1H3. The molecule has 0 unspecified atom stereocenters. The number of hydrogen-bond donors (Lipinski definition) is 0. The Morgan fingerprint density at radius 2 is 1.64 bits per heavy atom. The van der Waals surface area contributed by atoms with Crippen molar-refractivity contribution in [3.63, 3.8) is 0 Å². The van der Waals surface area contributed by atoms with Gasteiger partial charge in [0.15, 0.2) is 6.61 Å². The summed E-state index contributed by atoms with van der Waals surface area (Å²) in [5, 5.41) is 0. The normalized spacial score (nSPS) is 10.3. The largest absolute Gasteiger partial charge is 0.489 e. The van der Waals surface area contributed by atoms with Crippen LogP contribution in [0.2, 0.25) is 0 Å². The second kappa shape index (κ2) is 9.41. The molecule has 2 aromatic carbocycles. The van der Waals surface area contributed by atoms with Crippen molar-refractivity contribution in [3.05, 3.63) is 89.9 Å². The number of benzene rings is 2. The second-order valence-electron chi connectivity index (χ2n) is 6.19. The SMILES string of the molecule is CN(Cc1ccccc1)C(=O)COC(=O)c1occc1COc1ccccc1. The molecule has 0 aliphatic rings. The Kier molecular flexibility index (Phi) is 6.46. The lowest BCUT2D eigenvalue weighted by atomic mass is 10.2. The summed E-state index contributed by atoms with van der Waals surface area (Å²) in [6.45, 7) is 0.239. The van der Waals surface area contributed by atoms with Gasteiger partial charge in [-0.05, 0) is 23.8 Å². The van der Waals surface area contributed by atoms with E-state index in [1.54, 1.807) is 13.1 Å². The number of furan rings is 1. The van der Waals surface area contributed by atoms with Gasteiger partial charge in [0.25, 0.3) is 5.91 Å². The summed E-state index contributed by atoms with van der Waals surface area (Å²) in [6, 6.07) is 20.5. The number of amides is 1. The predicted octanol–water partition coefficient (Wildman–Crippen LogP) is 3.67. The van der Waals surface area contributed by atoms with Gasteiger partial charge in [0.2, 0.25) is 5.76 Å². The van der Waals surface area contributed by atoms with Crippen LogP contribution >= 0.6 is 0 Å². The first-order chi connectivity index (χ1) is 13.6. The first kappa shape index (κ1) is 19.2. The van der Waals surface area contributed by atoms with Crippen LogP contribution in [0.4, 0.5) is 0 Å². The molecule has 1 amide bonds. The number of carbonyl (C=O) groups excluding carboxylic acids is 2. The summed E-state index contributed by atoms with van der Waals surface area (Å²) >= 11 is 0. The molecule has 0 saturated heterocycles. The van der Waals surface area contributed by atoms with Crippen LogP contribution in [0, 0.1) is 0 Å². The van der Waals surface area contributed by atoms with Crippen LogP contribution in [0.25, 0.3) is 0 Å². The van der Waals surface area contributed by atoms with Crippen molar-refractivity contribution in [2.24, 2.45) is 0 Å². The average molecular weight is 379 g/mol. The number of hydrogen-bond acceptors (Lipinski definition) is 5. The summed E-state index contributed by atoms with van der Waals surface area (Å²) < 4.78 is 16.0. The van der Waals surface area contributed by atoms with E-state index in [2.05, 4.69) is 0 Å². The zero-order valence-corrected chi connectivity index (χ0v) is 15.5. The quantitative estimate of drug-likeness (QED) is 0.559. The van der Waals surface area contributed by atoms with Crippen LogP contribution in [0.3, 0.4) is 0 Å². The molecule has 0 atom stereocenters. The highest BCUT2D eigenvalue weighted by Crippen LogP contribution is 2.16. The summed E-state index contributed by atoms with van der Waals surface area (Å²) in [7, 11) is 1.66. The molecule has 0 aliphatic heterocycles. The fourth-order valence-corrected chi connectivity index (χ4v) is 2.55. The zero-order valence-electron chi connectivity index (χ0n) is 15.5. The minimum atomic E-state index is -0.696. The maximum Gasteiger partial charge on any atom is 0.375 e. The highest BCUT2D eigenvalue weighted by molar-refractivity contribution is 5.90. The van der Waals surface area contributed by atoms with Crippen LogP contribution < -0.4 is 4.74 Å². The number of ether oxygens (including phenoxy) is 2. The number of rotatable bonds is 8. The molecule has 28 heavy (non-hydrogen) atoms. The summed E-state index contributed by atoms with van der Waals surface area (Å²) in [5.41, 5.74) is 1.55. The molecule has 3 aromatic rings. The maximum atomic E-state index is 12.3. The topological polar surface area (TPSA) is 69.0 Å². The van der Waals surface area contributed by atoms with E-state index in [1.807, 2.05) is 60.7 Å². The van der Waals surface area contributed by atoms with Gasteiger partial charge in [-0.2, -0.15) is 0 Å². The molecule has 6 nitrogen and oxygen atoms in total. The van der Waals surface area contributed by atoms with E-state index in [0.29, 0.717) is 17.9 Å². The third kappa shape index (κ3) is 5.23. The fraction of sp³-hybridized carbons (Fsp3) is 0.182. The Labute approximate surface area is 163 Å². The van der Waals surface area contributed by atoms with E-state index in [0.717, 1.165) is 5.56 Å². The Hall–Kier alpha value is -3.54. The molecule has 0 aliphatic carbocycles. The molecule has 0 saturated carbocycles. The number of para-hydroxylation sites is 1. The van der Waals surface area contributed by atoms with Gasteiger partial charge in [0.05, 0.1) is 6.26 Å². The monoisotopic (exact) mass is 379 g/mol. The predicted molar refractivity (Wildman–Crippen MR) is 103 cm³/mol. The van der Waals surface area contributed by atoms with Crippen LogP contribution in [-0.2, 0) is 22.7 Å². The van der Waals surface area contributed by atoms with E-state index in [9.17, 15) is 9.59 Å². The first-order valence-corrected chi connectivity index (χ1v) is 8.82. The van der Waals surface area contributed by atoms with Crippen LogP contribution in [0.15, 0.2) is 77.4 Å². The van der Waals surface area contributed by atoms with E-state index >= 15 is 0 Å². The van der Waals surface area contributed by atoms with E-state index in [-0.39, 0.29) is 24.9 Å². The van der Waals surface area contributed by atoms with Crippen molar-refractivity contribution in [2.75, 3.05) is 13.7 Å². The lowest BCUT2D eigenvalue weighted by molar-refractivity contribution is -0.133.